The molecule has 0 radical (unpaired) electrons. The molecular weight excluding hydrogens is 248 g/mol. The summed E-state index contributed by atoms with van der Waals surface area (Å²) >= 11 is 0. The van der Waals surface area contributed by atoms with E-state index in [1.165, 1.54) is 19.3 Å². The fraction of sp³-hybridized carbons (Fsp3) is 1.00. The van der Waals surface area contributed by atoms with Crippen molar-refractivity contribution in [3.8, 4) is 0 Å². The molecule has 0 spiro atoms. The molecule has 1 saturated carbocycles. The largest absolute Gasteiger partial charge is 0.390 e. The summed E-state index contributed by atoms with van der Waals surface area (Å²) in [4.78, 5) is 2.52. The van der Waals surface area contributed by atoms with Crippen molar-refractivity contribution in [1.82, 2.24) is 4.90 Å². The van der Waals surface area contributed by atoms with E-state index in [-0.39, 0.29) is 0 Å². The SMILES string of the molecule is CC1(O)CCN(CC2CC(C(C)(C)C)CCC2N)CC1. The van der Waals surface area contributed by atoms with Gasteiger partial charge in [0.25, 0.3) is 0 Å². The van der Waals surface area contributed by atoms with Crippen LogP contribution in [0.1, 0.15) is 59.8 Å². The third-order valence-corrected chi connectivity index (χ3v) is 5.69. The maximum Gasteiger partial charge on any atom is 0.0644 e. The van der Waals surface area contributed by atoms with E-state index in [4.69, 9.17) is 5.73 Å². The average Bonchev–Trinajstić information content (AvgIpc) is 2.33. The second-order valence-electron chi connectivity index (χ2n) is 8.60. The van der Waals surface area contributed by atoms with E-state index < -0.39 is 5.60 Å². The molecule has 3 heteroatoms. The molecule has 0 amide bonds. The zero-order valence-electron chi connectivity index (χ0n) is 13.9. The highest BCUT2D eigenvalue weighted by Gasteiger charge is 2.36. The van der Waals surface area contributed by atoms with Gasteiger partial charge < -0.3 is 15.7 Å². The molecule has 2 aliphatic rings. The molecule has 1 saturated heterocycles. The van der Waals surface area contributed by atoms with Crippen LogP contribution in [0.25, 0.3) is 0 Å². The van der Waals surface area contributed by atoms with Gasteiger partial charge in [-0.2, -0.15) is 0 Å². The van der Waals surface area contributed by atoms with Crippen LogP contribution in [-0.2, 0) is 0 Å². The first-order chi connectivity index (χ1) is 9.17. The number of nitrogens with zero attached hydrogens (tertiary/aromatic N) is 1. The zero-order chi connectivity index (χ0) is 15.0. The molecule has 0 aromatic heterocycles. The van der Waals surface area contributed by atoms with Gasteiger partial charge in [0, 0.05) is 25.7 Å². The number of aliphatic hydroxyl groups is 1. The van der Waals surface area contributed by atoms with E-state index in [1.54, 1.807) is 0 Å². The molecule has 0 aromatic carbocycles. The van der Waals surface area contributed by atoms with Crippen LogP contribution in [0, 0.1) is 17.3 Å². The van der Waals surface area contributed by atoms with Crippen molar-refractivity contribution in [3.63, 3.8) is 0 Å². The summed E-state index contributed by atoms with van der Waals surface area (Å²) in [6, 6.07) is 0.371. The standard InChI is InChI=1S/C17H34N2O/c1-16(2,3)14-5-6-15(18)13(11-14)12-19-9-7-17(4,20)8-10-19/h13-15,20H,5-12,18H2,1-4H3. The molecule has 1 aliphatic carbocycles. The van der Waals surface area contributed by atoms with Crippen molar-refractivity contribution in [1.29, 1.82) is 0 Å². The summed E-state index contributed by atoms with van der Waals surface area (Å²) in [7, 11) is 0. The number of likely N-dealkylation sites (tertiary alicyclic amines) is 1. The van der Waals surface area contributed by atoms with Crippen LogP contribution < -0.4 is 5.73 Å². The van der Waals surface area contributed by atoms with E-state index in [2.05, 4.69) is 25.7 Å². The third kappa shape index (κ3) is 4.19. The van der Waals surface area contributed by atoms with Gasteiger partial charge in [0.2, 0.25) is 0 Å². The Balaban J connectivity index is 1.88. The average molecular weight is 282 g/mol. The third-order valence-electron chi connectivity index (χ3n) is 5.69. The Kier molecular flexibility index (Phi) is 4.83. The first-order valence-electron chi connectivity index (χ1n) is 8.38. The van der Waals surface area contributed by atoms with Crippen LogP contribution >= 0.6 is 0 Å². The van der Waals surface area contributed by atoms with Crippen LogP contribution in [0.5, 0.6) is 0 Å². The van der Waals surface area contributed by atoms with Crippen molar-refractivity contribution < 1.29 is 5.11 Å². The van der Waals surface area contributed by atoms with Crippen LogP contribution in [0.3, 0.4) is 0 Å². The second kappa shape index (κ2) is 5.94. The first-order valence-corrected chi connectivity index (χ1v) is 8.38. The molecule has 3 unspecified atom stereocenters. The molecule has 3 N–H and O–H groups in total. The van der Waals surface area contributed by atoms with E-state index in [1.807, 2.05) is 6.92 Å². The molecule has 3 atom stereocenters. The Labute approximate surface area is 124 Å². The van der Waals surface area contributed by atoms with E-state index in [0.29, 0.717) is 17.4 Å². The van der Waals surface area contributed by atoms with Gasteiger partial charge >= 0.3 is 0 Å². The molecule has 0 bridgehead atoms. The lowest BCUT2D eigenvalue weighted by atomic mass is 9.67. The molecule has 1 heterocycles. The predicted octanol–water partition coefficient (Wildman–Crippen LogP) is 2.62. The van der Waals surface area contributed by atoms with Crippen LogP contribution in [0.2, 0.25) is 0 Å². The molecule has 118 valence electrons. The number of rotatable bonds is 2. The van der Waals surface area contributed by atoms with Gasteiger partial charge in [0.1, 0.15) is 0 Å². The fourth-order valence-corrected chi connectivity index (χ4v) is 3.83. The summed E-state index contributed by atoms with van der Waals surface area (Å²) < 4.78 is 0. The minimum absolute atomic E-state index is 0.371. The highest BCUT2D eigenvalue weighted by atomic mass is 16.3. The van der Waals surface area contributed by atoms with E-state index in [0.717, 1.165) is 38.4 Å². The van der Waals surface area contributed by atoms with Gasteiger partial charge in [-0.25, -0.2) is 0 Å². The summed E-state index contributed by atoms with van der Waals surface area (Å²) in [6.45, 7) is 12.2. The van der Waals surface area contributed by atoms with E-state index >= 15 is 0 Å². The van der Waals surface area contributed by atoms with Crippen molar-refractivity contribution >= 4 is 0 Å². The summed E-state index contributed by atoms with van der Waals surface area (Å²) in [6.07, 6.45) is 5.54. The Morgan fingerprint density at radius 1 is 1.20 bits per heavy atom. The second-order valence-corrected chi connectivity index (χ2v) is 8.60. The Hall–Kier alpha value is -0.120. The molecule has 0 aromatic rings. The van der Waals surface area contributed by atoms with Gasteiger partial charge in [-0.1, -0.05) is 20.8 Å². The van der Waals surface area contributed by atoms with Gasteiger partial charge in [-0.3, -0.25) is 0 Å². The predicted molar refractivity (Wildman–Crippen MR) is 84.6 cm³/mol. The smallest absolute Gasteiger partial charge is 0.0644 e. The minimum Gasteiger partial charge on any atom is -0.390 e. The lowest BCUT2D eigenvalue weighted by Crippen LogP contribution is -2.49. The van der Waals surface area contributed by atoms with Crippen molar-refractivity contribution in [3.05, 3.63) is 0 Å². The monoisotopic (exact) mass is 282 g/mol. The zero-order valence-corrected chi connectivity index (χ0v) is 13.9. The molecule has 2 rings (SSSR count). The van der Waals surface area contributed by atoms with Crippen LogP contribution in [-0.4, -0.2) is 41.3 Å². The highest BCUT2D eigenvalue weighted by molar-refractivity contribution is 4.90. The van der Waals surface area contributed by atoms with Gasteiger partial charge in [0.15, 0.2) is 0 Å². The number of hydrogen-bond donors (Lipinski definition) is 2. The quantitative estimate of drug-likeness (QED) is 0.818. The molecule has 20 heavy (non-hydrogen) atoms. The van der Waals surface area contributed by atoms with E-state index in [9.17, 15) is 5.11 Å². The Bertz CT molecular complexity index is 311. The van der Waals surface area contributed by atoms with Crippen LogP contribution in [0.4, 0.5) is 0 Å². The molecular formula is C17H34N2O. The van der Waals surface area contributed by atoms with Crippen LogP contribution in [0.15, 0.2) is 0 Å². The molecule has 3 nitrogen and oxygen atoms in total. The number of piperidine rings is 1. The highest BCUT2D eigenvalue weighted by Crippen LogP contribution is 2.40. The Morgan fingerprint density at radius 2 is 1.80 bits per heavy atom. The van der Waals surface area contributed by atoms with Crippen molar-refractivity contribution in [2.45, 2.75) is 71.4 Å². The minimum atomic E-state index is -0.445. The lowest BCUT2D eigenvalue weighted by Gasteiger charge is -2.44. The van der Waals surface area contributed by atoms with Crippen molar-refractivity contribution in [2.75, 3.05) is 19.6 Å². The molecule has 2 fully saturated rings. The summed E-state index contributed by atoms with van der Waals surface area (Å²) in [5, 5.41) is 10.0. The topological polar surface area (TPSA) is 49.5 Å². The molecule has 1 aliphatic heterocycles. The lowest BCUT2D eigenvalue weighted by molar-refractivity contribution is -0.0135. The maximum absolute atomic E-state index is 10.0. The van der Waals surface area contributed by atoms with Crippen molar-refractivity contribution in [2.24, 2.45) is 23.0 Å². The summed E-state index contributed by atoms with van der Waals surface area (Å²) in [5.41, 5.74) is 6.34. The van der Waals surface area contributed by atoms with Gasteiger partial charge in [0.05, 0.1) is 5.60 Å². The van der Waals surface area contributed by atoms with Gasteiger partial charge in [-0.15, -0.1) is 0 Å². The Morgan fingerprint density at radius 3 is 2.35 bits per heavy atom. The maximum atomic E-state index is 10.0. The first kappa shape index (κ1) is 16.3. The van der Waals surface area contributed by atoms with Gasteiger partial charge in [-0.05, 0) is 56.3 Å². The number of nitrogens with two attached hydrogens (primary N) is 1. The fourth-order valence-electron chi connectivity index (χ4n) is 3.83. The summed E-state index contributed by atoms with van der Waals surface area (Å²) in [5.74, 6) is 1.44. The number of hydrogen-bond acceptors (Lipinski definition) is 3. The normalized spacial score (nSPS) is 36.0.